The van der Waals surface area contributed by atoms with Crippen LogP contribution in [0.1, 0.15) is 30.5 Å². The zero-order valence-electron chi connectivity index (χ0n) is 11.1. The summed E-state index contributed by atoms with van der Waals surface area (Å²) in [5.74, 6) is -0.391. The molecule has 1 aromatic carbocycles. The summed E-state index contributed by atoms with van der Waals surface area (Å²) in [6.07, 6.45) is 3.41. The van der Waals surface area contributed by atoms with Crippen molar-refractivity contribution in [2.24, 2.45) is 0 Å². The minimum absolute atomic E-state index is 0.101. The molecule has 2 aromatic rings. The maximum atomic E-state index is 13.2. The van der Waals surface area contributed by atoms with Crippen LogP contribution in [0.2, 0.25) is 5.02 Å². The van der Waals surface area contributed by atoms with E-state index < -0.39 is 5.82 Å². The summed E-state index contributed by atoms with van der Waals surface area (Å²) in [4.78, 5) is 0. The largest absolute Gasteiger partial charge is 0.457 e. The van der Waals surface area contributed by atoms with Crippen molar-refractivity contribution in [2.45, 2.75) is 25.8 Å². The van der Waals surface area contributed by atoms with Crippen molar-refractivity contribution in [2.75, 3.05) is 6.54 Å². The van der Waals surface area contributed by atoms with Gasteiger partial charge in [0.05, 0.1) is 11.3 Å². The standard InChI is InChI=1S/C15H16BrClFNO/c1-2-6-19-14(11-5-7-20-15(11)16)9-10-3-4-13(18)12(17)8-10/h3-5,7-8,14,19H,2,6,9H2,1H3. The van der Waals surface area contributed by atoms with Crippen LogP contribution in [0.5, 0.6) is 0 Å². The summed E-state index contributed by atoms with van der Waals surface area (Å²) in [7, 11) is 0. The summed E-state index contributed by atoms with van der Waals surface area (Å²) in [5, 5.41) is 3.62. The molecule has 0 radical (unpaired) electrons. The Morgan fingerprint density at radius 2 is 2.20 bits per heavy atom. The molecule has 0 bridgehead atoms. The Labute approximate surface area is 131 Å². The predicted octanol–water partition coefficient (Wildman–Crippen LogP) is 5.12. The highest BCUT2D eigenvalue weighted by Crippen LogP contribution is 2.28. The van der Waals surface area contributed by atoms with Gasteiger partial charge in [-0.3, -0.25) is 0 Å². The van der Waals surface area contributed by atoms with E-state index in [2.05, 4.69) is 28.2 Å². The fourth-order valence-corrected chi connectivity index (χ4v) is 2.79. The van der Waals surface area contributed by atoms with Crippen molar-refractivity contribution >= 4 is 27.5 Å². The molecule has 20 heavy (non-hydrogen) atoms. The van der Waals surface area contributed by atoms with E-state index in [4.69, 9.17) is 16.0 Å². The molecule has 0 spiro atoms. The second-order valence-electron chi connectivity index (χ2n) is 4.61. The topological polar surface area (TPSA) is 25.2 Å². The van der Waals surface area contributed by atoms with Crippen LogP contribution >= 0.6 is 27.5 Å². The average molecular weight is 361 g/mol. The van der Waals surface area contributed by atoms with E-state index in [0.29, 0.717) is 0 Å². The van der Waals surface area contributed by atoms with Gasteiger partial charge < -0.3 is 9.73 Å². The first-order valence-electron chi connectivity index (χ1n) is 6.52. The molecular formula is C15H16BrClFNO. The van der Waals surface area contributed by atoms with Crippen LogP contribution in [-0.2, 0) is 6.42 Å². The molecule has 0 aliphatic rings. The first kappa shape index (κ1) is 15.5. The maximum absolute atomic E-state index is 13.2. The van der Waals surface area contributed by atoms with Crippen molar-refractivity contribution in [1.29, 1.82) is 0 Å². The van der Waals surface area contributed by atoms with Crippen LogP contribution in [0.4, 0.5) is 4.39 Å². The van der Waals surface area contributed by atoms with E-state index in [1.54, 1.807) is 18.4 Å². The fraction of sp³-hybridized carbons (Fsp3) is 0.333. The van der Waals surface area contributed by atoms with Gasteiger partial charge >= 0.3 is 0 Å². The van der Waals surface area contributed by atoms with Crippen molar-refractivity contribution < 1.29 is 8.81 Å². The van der Waals surface area contributed by atoms with Gasteiger partial charge in [0.15, 0.2) is 4.67 Å². The zero-order valence-corrected chi connectivity index (χ0v) is 13.5. The van der Waals surface area contributed by atoms with E-state index in [1.807, 2.05) is 6.07 Å². The van der Waals surface area contributed by atoms with E-state index in [1.165, 1.54) is 6.07 Å². The van der Waals surface area contributed by atoms with Crippen LogP contribution in [0.25, 0.3) is 0 Å². The number of hydrogen-bond donors (Lipinski definition) is 1. The Hall–Kier alpha value is -0.840. The molecule has 2 nitrogen and oxygen atoms in total. The molecule has 0 amide bonds. The van der Waals surface area contributed by atoms with Gasteiger partial charge in [-0.1, -0.05) is 24.6 Å². The zero-order chi connectivity index (χ0) is 14.5. The van der Waals surface area contributed by atoms with Gasteiger partial charge in [0.1, 0.15) is 5.82 Å². The number of benzene rings is 1. The second kappa shape index (κ2) is 7.25. The van der Waals surface area contributed by atoms with Crippen molar-refractivity contribution in [3.63, 3.8) is 0 Å². The molecule has 1 N–H and O–H groups in total. The van der Waals surface area contributed by atoms with E-state index in [-0.39, 0.29) is 11.1 Å². The van der Waals surface area contributed by atoms with Gasteiger partial charge in [-0.25, -0.2) is 4.39 Å². The van der Waals surface area contributed by atoms with Crippen LogP contribution < -0.4 is 5.32 Å². The average Bonchev–Trinajstić information content (AvgIpc) is 2.85. The smallest absolute Gasteiger partial charge is 0.173 e. The van der Waals surface area contributed by atoms with Gasteiger partial charge in [-0.2, -0.15) is 0 Å². The lowest BCUT2D eigenvalue weighted by atomic mass is 10.0. The Morgan fingerprint density at radius 1 is 1.40 bits per heavy atom. The molecular weight excluding hydrogens is 345 g/mol. The third-order valence-electron chi connectivity index (χ3n) is 3.09. The SMILES string of the molecule is CCCNC(Cc1ccc(F)c(Cl)c1)c1ccoc1Br. The third-order valence-corrected chi connectivity index (χ3v) is 4.02. The quantitative estimate of drug-likeness (QED) is 0.773. The number of nitrogens with one attached hydrogen (secondary N) is 1. The third kappa shape index (κ3) is 3.84. The summed E-state index contributed by atoms with van der Waals surface area (Å²) < 4.78 is 19.2. The maximum Gasteiger partial charge on any atom is 0.173 e. The van der Waals surface area contributed by atoms with Gasteiger partial charge in [-0.05, 0) is 59.1 Å². The molecule has 0 saturated carbocycles. The Kier molecular flexibility index (Phi) is 5.64. The van der Waals surface area contributed by atoms with E-state index in [9.17, 15) is 4.39 Å². The molecule has 108 valence electrons. The van der Waals surface area contributed by atoms with Crippen LogP contribution in [-0.4, -0.2) is 6.54 Å². The Balaban J connectivity index is 2.19. The lowest BCUT2D eigenvalue weighted by molar-refractivity contribution is 0.497. The molecule has 0 aliphatic heterocycles. The number of furan rings is 1. The van der Waals surface area contributed by atoms with E-state index >= 15 is 0 Å². The summed E-state index contributed by atoms with van der Waals surface area (Å²) in [5.41, 5.74) is 2.04. The molecule has 0 aliphatic carbocycles. The van der Waals surface area contributed by atoms with E-state index in [0.717, 1.165) is 35.2 Å². The minimum Gasteiger partial charge on any atom is -0.457 e. The predicted molar refractivity (Wildman–Crippen MR) is 82.6 cm³/mol. The summed E-state index contributed by atoms with van der Waals surface area (Å²) in [6.45, 7) is 3.01. The number of rotatable bonds is 6. The summed E-state index contributed by atoms with van der Waals surface area (Å²) in [6, 6.07) is 6.87. The summed E-state index contributed by atoms with van der Waals surface area (Å²) >= 11 is 9.24. The second-order valence-corrected chi connectivity index (χ2v) is 5.74. The molecule has 1 unspecified atom stereocenters. The molecule has 0 saturated heterocycles. The molecule has 5 heteroatoms. The molecule has 1 atom stereocenters. The number of halogens is 3. The molecule has 2 rings (SSSR count). The fourth-order valence-electron chi connectivity index (χ4n) is 2.07. The van der Waals surface area contributed by atoms with Gasteiger partial charge in [0.2, 0.25) is 0 Å². The van der Waals surface area contributed by atoms with Crippen LogP contribution in [0, 0.1) is 5.82 Å². The van der Waals surface area contributed by atoms with Crippen molar-refractivity contribution in [3.05, 3.63) is 57.2 Å². The molecule has 0 fully saturated rings. The Bertz CT molecular complexity index is 573. The van der Waals surface area contributed by atoms with Gasteiger partial charge in [0, 0.05) is 11.6 Å². The molecule has 1 heterocycles. The lowest BCUT2D eigenvalue weighted by Crippen LogP contribution is -2.24. The highest BCUT2D eigenvalue weighted by molar-refractivity contribution is 9.10. The normalized spacial score (nSPS) is 12.6. The minimum atomic E-state index is -0.391. The first-order chi connectivity index (χ1) is 9.61. The highest BCUT2D eigenvalue weighted by Gasteiger charge is 2.17. The lowest BCUT2D eigenvalue weighted by Gasteiger charge is -2.18. The molecule has 1 aromatic heterocycles. The van der Waals surface area contributed by atoms with Crippen molar-refractivity contribution in [1.82, 2.24) is 5.32 Å². The van der Waals surface area contributed by atoms with Crippen molar-refractivity contribution in [3.8, 4) is 0 Å². The Morgan fingerprint density at radius 3 is 2.80 bits per heavy atom. The van der Waals surface area contributed by atoms with Crippen LogP contribution in [0.15, 0.2) is 39.6 Å². The number of hydrogen-bond acceptors (Lipinski definition) is 2. The first-order valence-corrected chi connectivity index (χ1v) is 7.69. The van der Waals surface area contributed by atoms with Crippen LogP contribution in [0.3, 0.4) is 0 Å². The van der Waals surface area contributed by atoms with Gasteiger partial charge in [-0.15, -0.1) is 0 Å². The monoisotopic (exact) mass is 359 g/mol. The van der Waals surface area contributed by atoms with Gasteiger partial charge in [0.25, 0.3) is 0 Å². The highest BCUT2D eigenvalue weighted by atomic mass is 79.9.